The molecule has 5 aliphatic heterocycles. The minimum Gasteiger partial charge on any atom is -0.354 e. The zero-order valence-electron chi connectivity index (χ0n) is 43.1. The number of anilines is 4. The maximum atomic E-state index is 14.7. The molecule has 78 heavy (non-hydrogen) atoms. The summed E-state index contributed by atoms with van der Waals surface area (Å²) in [7, 11) is 0. The molecule has 0 spiro atoms. The average Bonchev–Trinajstić information content (AvgIpc) is 4.43. The minimum atomic E-state index is -0.183. The lowest BCUT2D eigenvalue weighted by Gasteiger charge is -2.31. The molecule has 8 heterocycles. The second-order valence-electron chi connectivity index (χ2n) is 20.7. The van der Waals surface area contributed by atoms with Crippen molar-refractivity contribution in [1.29, 1.82) is 0 Å². The van der Waals surface area contributed by atoms with Gasteiger partial charge in [-0.15, -0.1) is 0 Å². The fourth-order valence-electron chi connectivity index (χ4n) is 11.8. The van der Waals surface area contributed by atoms with Crippen molar-refractivity contribution in [2.45, 2.75) is 12.8 Å². The Hall–Kier alpha value is -8.80. The Kier molecular flexibility index (Phi) is 13.1. The first-order valence-electron chi connectivity index (χ1n) is 26.9. The number of fused-ring (bicyclic) bond motifs is 22. The summed E-state index contributed by atoms with van der Waals surface area (Å²) in [5.74, 6) is -0.733. The molecule has 0 saturated carbocycles. The number of hydrogen-bond acceptors (Lipinski definition) is 10. The molecule has 12 rings (SSSR count). The van der Waals surface area contributed by atoms with Gasteiger partial charge in [-0.05, 0) is 112 Å². The normalized spacial score (nSPS) is 20.5. The van der Waals surface area contributed by atoms with Crippen LogP contribution >= 0.6 is 0 Å². The maximum absolute atomic E-state index is 14.7. The molecule has 1 fully saturated rings. The predicted octanol–water partition coefficient (Wildman–Crippen LogP) is 9.12. The SMILES string of the molecule is O=C1CN2CCCN3CCN4CCCN(CC2)CC(=O)Nc2ccccc2-c2c5nc(c(c6ccc([nH]6)c(c6nc(c(c7ccc2[nH]7)-c2ccccc2N1)C=C6)-c1ccccc1NC(=O)C3)-c1ccccc1NC(=O)C4)C=C5. The number of carbonyl (C=O) groups excluding carboxylic acids is 4. The van der Waals surface area contributed by atoms with E-state index in [9.17, 15) is 19.2 Å². The van der Waals surface area contributed by atoms with Crippen LogP contribution in [0.2, 0.25) is 0 Å². The van der Waals surface area contributed by atoms with E-state index in [1.54, 1.807) is 0 Å². The van der Waals surface area contributed by atoms with Crippen LogP contribution in [0, 0.1) is 0 Å². The van der Waals surface area contributed by atoms with Gasteiger partial charge in [-0.2, -0.15) is 0 Å². The molecule has 1 saturated heterocycles. The van der Waals surface area contributed by atoms with Crippen molar-refractivity contribution in [1.82, 2.24) is 39.5 Å². The smallest absolute Gasteiger partial charge is 0.238 e. The molecule has 16 bridgehead atoms. The van der Waals surface area contributed by atoms with E-state index in [2.05, 4.69) is 50.8 Å². The Morgan fingerprint density at radius 1 is 0.308 bits per heavy atom. The number of nitrogens with zero attached hydrogens (tertiary/aromatic N) is 6. The molecule has 3 aromatic heterocycles. The van der Waals surface area contributed by atoms with Crippen molar-refractivity contribution in [3.05, 3.63) is 144 Å². The van der Waals surface area contributed by atoms with Gasteiger partial charge >= 0.3 is 0 Å². The van der Waals surface area contributed by atoms with E-state index in [4.69, 9.17) is 9.97 Å². The molecule has 16 heteroatoms. The summed E-state index contributed by atoms with van der Waals surface area (Å²) in [6.45, 7) is 4.52. The standard InChI is InChI=1S/C62H58N12O4/c75-55-35-71-27-9-28-73-33-34-74-30-10-29-72(32-31-71)36-56(76)68-44-16-6-2-12-40(44)60-48-20-19-47(63-48)59(39-11-1-5-15-43(39)67-55)51-23-24-52(65-51)61(41-13-3-7-17-45(41)69-57(77)37-73)49-21-22-50(64-49)62(54-26-25-53(60)66-54)42-14-4-8-18-46(42)70-58(78)38-74/h1-8,11-26,63-64H,9-10,27-38H2,(H,67,75)(H,68,76)(H,69,77)(H,70,78). The monoisotopic (exact) mass is 1030 g/mol. The molecule has 0 aliphatic carbocycles. The molecule has 4 atom stereocenters. The number of para-hydroxylation sites is 4. The van der Waals surface area contributed by atoms with Gasteiger partial charge in [0, 0.05) is 116 Å². The van der Waals surface area contributed by atoms with Crippen LogP contribution in [0.1, 0.15) is 35.6 Å². The number of hydrogen-bond donors (Lipinski definition) is 6. The number of H-pyrrole nitrogens is 2. The third-order valence-corrected chi connectivity index (χ3v) is 15.5. The topological polar surface area (TPSA) is 187 Å². The minimum absolute atomic E-state index is 0.0916. The van der Waals surface area contributed by atoms with Crippen molar-refractivity contribution < 1.29 is 19.2 Å². The zero-order chi connectivity index (χ0) is 52.7. The summed E-state index contributed by atoms with van der Waals surface area (Å²) in [5.41, 5.74) is 14.0. The lowest BCUT2D eigenvalue weighted by molar-refractivity contribution is -0.119. The van der Waals surface area contributed by atoms with Crippen LogP contribution in [-0.2, 0) is 19.2 Å². The van der Waals surface area contributed by atoms with Crippen molar-refractivity contribution in [2.24, 2.45) is 0 Å². The van der Waals surface area contributed by atoms with E-state index in [1.165, 1.54) is 0 Å². The number of aromatic amines is 2. The summed E-state index contributed by atoms with van der Waals surface area (Å²) in [6, 6.07) is 39.6. The molecule has 7 aromatic rings. The average molecular weight is 1040 g/mol. The highest BCUT2D eigenvalue weighted by molar-refractivity contribution is 6.08. The van der Waals surface area contributed by atoms with Gasteiger partial charge in [0.15, 0.2) is 0 Å². The number of rotatable bonds is 0. The quantitative estimate of drug-likeness (QED) is 0.0856. The van der Waals surface area contributed by atoms with E-state index in [0.717, 1.165) is 66.6 Å². The van der Waals surface area contributed by atoms with Crippen molar-refractivity contribution in [2.75, 3.05) is 99.8 Å². The lowest BCUT2D eigenvalue weighted by Crippen LogP contribution is -2.46. The van der Waals surface area contributed by atoms with E-state index < -0.39 is 0 Å². The molecule has 4 unspecified atom stereocenters. The van der Waals surface area contributed by atoms with Crippen molar-refractivity contribution >= 4 is 92.7 Å². The molecule has 390 valence electrons. The first kappa shape index (κ1) is 48.8. The van der Waals surface area contributed by atoms with Crippen LogP contribution in [0.5, 0.6) is 0 Å². The Labute approximate surface area is 450 Å². The first-order chi connectivity index (χ1) is 38.2. The van der Waals surface area contributed by atoms with Crippen LogP contribution in [-0.4, -0.2) is 142 Å². The van der Waals surface area contributed by atoms with Crippen molar-refractivity contribution in [3.63, 3.8) is 0 Å². The Bertz CT molecular complexity index is 3340. The Morgan fingerprint density at radius 3 is 0.808 bits per heavy atom. The molecular formula is C62H58N12O4. The van der Waals surface area contributed by atoms with Gasteiger partial charge < -0.3 is 31.2 Å². The summed E-state index contributed by atoms with van der Waals surface area (Å²) in [6.07, 6.45) is 9.30. The largest absolute Gasteiger partial charge is 0.354 e. The van der Waals surface area contributed by atoms with Crippen molar-refractivity contribution in [3.8, 4) is 44.5 Å². The van der Waals surface area contributed by atoms with E-state index >= 15 is 0 Å². The maximum Gasteiger partial charge on any atom is 0.238 e. The van der Waals surface area contributed by atoms with Crippen LogP contribution < -0.4 is 21.3 Å². The second-order valence-corrected chi connectivity index (χ2v) is 20.7. The third kappa shape index (κ3) is 9.82. The van der Waals surface area contributed by atoms with E-state index in [-0.39, 0.29) is 49.8 Å². The second kappa shape index (κ2) is 21.0. The molecule has 0 radical (unpaired) electrons. The summed E-state index contributed by atoms with van der Waals surface area (Å²) in [4.78, 5) is 86.0. The van der Waals surface area contributed by atoms with Crippen LogP contribution in [0.4, 0.5) is 22.7 Å². The number of aromatic nitrogens is 4. The fraction of sp³-hybridized carbons (Fsp3) is 0.226. The summed E-state index contributed by atoms with van der Waals surface area (Å²) in [5, 5.41) is 13.3. The number of carbonyl (C=O) groups is 4. The highest BCUT2D eigenvalue weighted by Crippen LogP contribution is 2.43. The summed E-state index contributed by atoms with van der Waals surface area (Å²) < 4.78 is 0. The van der Waals surface area contributed by atoms with Crippen LogP contribution in [0.25, 0.3) is 90.9 Å². The van der Waals surface area contributed by atoms with Gasteiger partial charge in [0.05, 0.1) is 49.0 Å². The van der Waals surface area contributed by atoms with Gasteiger partial charge in [-0.25, -0.2) is 9.97 Å². The Morgan fingerprint density at radius 2 is 0.551 bits per heavy atom. The molecule has 4 amide bonds. The number of nitrogens with one attached hydrogen (secondary N) is 6. The van der Waals surface area contributed by atoms with Gasteiger partial charge in [0.2, 0.25) is 23.6 Å². The van der Waals surface area contributed by atoms with Gasteiger partial charge in [0.25, 0.3) is 0 Å². The highest BCUT2D eigenvalue weighted by atomic mass is 16.2. The highest BCUT2D eigenvalue weighted by Gasteiger charge is 2.27. The van der Waals surface area contributed by atoms with Crippen LogP contribution in [0.3, 0.4) is 0 Å². The fourth-order valence-corrected chi connectivity index (χ4v) is 11.8. The molecule has 5 aliphatic rings. The van der Waals surface area contributed by atoms with Crippen LogP contribution in [0.15, 0.2) is 121 Å². The molecular weight excluding hydrogens is 977 g/mol. The first-order valence-corrected chi connectivity index (χ1v) is 26.9. The number of amides is 4. The molecule has 16 nitrogen and oxygen atoms in total. The number of benzene rings is 4. The Balaban J connectivity index is 1.21. The molecule has 4 aromatic carbocycles. The zero-order valence-corrected chi connectivity index (χ0v) is 43.1. The lowest BCUT2D eigenvalue weighted by atomic mass is 10.0. The van der Waals surface area contributed by atoms with E-state index in [1.807, 2.05) is 146 Å². The van der Waals surface area contributed by atoms with Gasteiger partial charge in [-0.3, -0.25) is 38.8 Å². The third-order valence-electron chi connectivity index (χ3n) is 15.5. The predicted molar refractivity (Wildman–Crippen MR) is 310 cm³/mol. The van der Waals surface area contributed by atoms with E-state index in [0.29, 0.717) is 111 Å². The summed E-state index contributed by atoms with van der Waals surface area (Å²) >= 11 is 0. The molecule has 6 N–H and O–H groups in total. The van der Waals surface area contributed by atoms with Gasteiger partial charge in [0.1, 0.15) is 0 Å². The van der Waals surface area contributed by atoms with Gasteiger partial charge in [-0.1, -0.05) is 72.8 Å².